The molecule has 1 radical (unpaired) electrons. The summed E-state index contributed by atoms with van der Waals surface area (Å²) < 4.78 is 4.08. The second kappa shape index (κ2) is 9.87. The Labute approximate surface area is 52.3 Å². The van der Waals surface area contributed by atoms with E-state index in [9.17, 15) is 4.79 Å². The van der Waals surface area contributed by atoms with Gasteiger partial charge in [-0.15, -0.1) is 0 Å². The van der Waals surface area contributed by atoms with Crippen molar-refractivity contribution in [3.8, 4) is 0 Å². The normalized spacial score (nSPS) is 6.22. The van der Waals surface area contributed by atoms with E-state index in [0.29, 0.717) is 0 Å². The van der Waals surface area contributed by atoms with Crippen LogP contribution < -0.4 is 0 Å². The SMILES string of the molecule is CCOC(=O)OO.[C]#N. The minimum atomic E-state index is -1.07. The van der Waals surface area contributed by atoms with E-state index in [-0.39, 0.29) is 6.61 Å². The highest BCUT2D eigenvalue weighted by molar-refractivity contribution is 5.58. The molecule has 0 saturated carbocycles. The molecule has 0 aliphatic heterocycles. The van der Waals surface area contributed by atoms with Gasteiger partial charge in [0.2, 0.25) is 0 Å². The average Bonchev–Trinajstić information content (AvgIpc) is 1.93. The van der Waals surface area contributed by atoms with Gasteiger partial charge < -0.3 is 4.74 Å². The van der Waals surface area contributed by atoms with Crippen LogP contribution in [0.25, 0.3) is 0 Å². The van der Waals surface area contributed by atoms with Crippen molar-refractivity contribution in [2.24, 2.45) is 0 Å². The molecule has 0 aromatic rings. The molecule has 0 aromatic carbocycles. The third-order valence-electron chi connectivity index (χ3n) is 0.337. The lowest BCUT2D eigenvalue weighted by Gasteiger charge is -1.92. The van der Waals surface area contributed by atoms with Crippen LogP contribution in [-0.4, -0.2) is 18.0 Å². The predicted molar refractivity (Wildman–Crippen MR) is 25.7 cm³/mol. The average molecular weight is 132 g/mol. The third kappa shape index (κ3) is 10.8. The van der Waals surface area contributed by atoms with Gasteiger partial charge in [-0.3, -0.25) is 4.89 Å². The van der Waals surface area contributed by atoms with Gasteiger partial charge in [-0.25, -0.2) is 4.79 Å². The Bertz CT molecular complexity index is 89.8. The van der Waals surface area contributed by atoms with Gasteiger partial charge in [0.1, 0.15) is 0 Å². The van der Waals surface area contributed by atoms with Crippen LogP contribution in [0.2, 0.25) is 0 Å². The molecule has 0 aliphatic carbocycles. The molecule has 1 N–H and O–H groups in total. The summed E-state index contributed by atoms with van der Waals surface area (Å²) in [6.45, 7) is 6.57. The van der Waals surface area contributed by atoms with Gasteiger partial charge in [0.15, 0.2) is 6.57 Å². The Morgan fingerprint density at radius 1 is 1.78 bits per heavy atom. The van der Waals surface area contributed by atoms with Crippen molar-refractivity contribution in [1.29, 1.82) is 5.26 Å². The minimum absolute atomic E-state index is 0.208. The number of carbonyl (C=O) groups is 1. The molecule has 0 unspecified atom stereocenters. The molecule has 5 nitrogen and oxygen atoms in total. The molecule has 0 amide bonds. The third-order valence-corrected chi connectivity index (χ3v) is 0.337. The monoisotopic (exact) mass is 132 g/mol. The summed E-state index contributed by atoms with van der Waals surface area (Å²) in [7, 11) is 0. The number of hydrogen-bond acceptors (Lipinski definition) is 5. The standard InChI is InChI=1S/C3H6O4.CN/c1-2-6-3(4)7-5;1-2/h5H,2H2,1H3;. The molecule has 0 fully saturated rings. The van der Waals surface area contributed by atoms with Crippen molar-refractivity contribution in [2.45, 2.75) is 6.92 Å². The van der Waals surface area contributed by atoms with Gasteiger partial charge in [0.05, 0.1) is 6.61 Å². The Kier molecular flexibility index (Phi) is 11.7. The van der Waals surface area contributed by atoms with Crippen LogP contribution in [0.3, 0.4) is 0 Å². The smallest absolute Gasteiger partial charge is 0.433 e. The predicted octanol–water partition coefficient (Wildman–Crippen LogP) is 0.729. The first kappa shape index (κ1) is 10.7. The number of hydrogen-bond donors (Lipinski definition) is 1. The largest absolute Gasteiger partial charge is 0.540 e. The number of ether oxygens (including phenoxy) is 1. The molecular formula is C4H6NO4. The number of carbonyl (C=O) groups excluding carboxylic acids is 1. The van der Waals surface area contributed by atoms with Gasteiger partial charge in [0.25, 0.3) is 0 Å². The number of nitrogens with zero attached hydrogens (tertiary/aromatic N) is 1. The Morgan fingerprint density at radius 2 is 2.22 bits per heavy atom. The van der Waals surface area contributed by atoms with Crippen molar-refractivity contribution < 1.29 is 19.7 Å². The first-order chi connectivity index (χ1) is 4.31. The number of rotatable bonds is 1. The van der Waals surface area contributed by atoms with E-state index >= 15 is 0 Å². The topological polar surface area (TPSA) is 79.6 Å². The molecule has 5 heteroatoms. The fourth-order valence-electron chi connectivity index (χ4n) is 0.144. The maximum absolute atomic E-state index is 9.72. The summed E-state index contributed by atoms with van der Waals surface area (Å²) in [5.41, 5.74) is 0. The summed E-state index contributed by atoms with van der Waals surface area (Å²) in [4.78, 5) is 12.8. The Balaban J connectivity index is 0. The lowest BCUT2D eigenvalue weighted by atomic mass is 10.9. The highest BCUT2D eigenvalue weighted by atomic mass is 17.1. The van der Waals surface area contributed by atoms with Gasteiger partial charge >= 0.3 is 6.16 Å². The van der Waals surface area contributed by atoms with Gasteiger partial charge in [-0.2, -0.15) is 10.5 Å². The van der Waals surface area contributed by atoms with Gasteiger partial charge in [-0.1, -0.05) is 0 Å². The quantitative estimate of drug-likeness (QED) is 0.323. The zero-order chi connectivity index (χ0) is 7.70. The molecular weight excluding hydrogens is 126 g/mol. The molecule has 0 aromatic heterocycles. The second-order valence-electron chi connectivity index (χ2n) is 0.774. The summed E-state index contributed by atoms with van der Waals surface area (Å²) in [6.07, 6.45) is -1.07. The minimum Gasteiger partial charge on any atom is -0.433 e. The van der Waals surface area contributed by atoms with Crippen molar-refractivity contribution in [1.82, 2.24) is 0 Å². The first-order valence-corrected chi connectivity index (χ1v) is 2.01. The molecule has 51 valence electrons. The van der Waals surface area contributed by atoms with E-state index in [1.165, 1.54) is 0 Å². The molecule has 0 atom stereocenters. The zero-order valence-corrected chi connectivity index (χ0v) is 4.83. The van der Waals surface area contributed by atoms with Crippen LogP contribution in [0, 0.1) is 11.8 Å². The van der Waals surface area contributed by atoms with E-state index in [0.717, 1.165) is 0 Å². The van der Waals surface area contributed by atoms with Crippen LogP contribution >= 0.6 is 0 Å². The Morgan fingerprint density at radius 3 is 2.33 bits per heavy atom. The summed E-state index contributed by atoms with van der Waals surface area (Å²) >= 11 is 0. The highest BCUT2D eigenvalue weighted by Crippen LogP contribution is 1.77. The molecule has 0 rings (SSSR count). The molecule has 0 heterocycles. The van der Waals surface area contributed by atoms with E-state index in [1.54, 1.807) is 6.92 Å². The Hall–Kier alpha value is -1.28. The van der Waals surface area contributed by atoms with E-state index < -0.39 is 6.16 Å². The van der Waals surface area contributed by atoms with Crippen LogP contribution in [0.4, 0.5) is 4.79 Å². The van der Waals surface area contributed by atoms with Crippen LogP contribution in [0.15, 0.2) is 0 Å². The van der Waals surface area contributed by atoms with E-state index in [2.05, 4.69) is 9.62 Å². The fraction of sp³-hybridized carbons (Fsp3) is 0.500. The van der Waals surface area contributed by atoms with Gasteiger partial charge in [-0.05, 0) is 6.92 Å². The lowest BCUT2D eigenvalue weighted by molar-refractivity contribution is -0.200. The lowest BCUT2D eigenvalue weighted by Crippen LogP contribution is -2.02. The van der Waals surface area contributed by atoms with Crippen LogP contribution in [-0.2, 0) is 9.62 Å². The summed E-state index contributed by atoms with van der Waals surface area (Å²) in [5.74, 6) is 0. The van der Waals surface area contributed by atoms with Gasteiger partial charge in [0, 0.05) is 0 Å². The van der Waals surface area contributed by atoms with Crippen molar-refractivity contribution in [3.63, 3.8) is 0 Å². The maximum atomic E-state index is 9.72. The first-order valence-electron chi connectivity index (χ1n) is 2.01. The maximum Gasteiger partial charge on any atom is 0.540 e. The molecule has 0 saturated heterocycles. The van der Waals surface area contributed by atoms with Crippen LogP contribution in [0.5, 0.6) is 0 Å². The fourth-order valence-corrected chi connectivity index (χ4v) is 0.144. The van der Waals surface area contributed by atoms with Crippen LogP contribution in [0.1, 0.15) is 6.92 Å². The van der Waals surface area contributed by atoms with E-state index in [4.69, 9.17) is 17.1 Å². The van der Waals surface area contributed by atoms with Crippen molar-refractivity contribution in [3.05, 3.63) is 6.57 Å². The molecule has 9 heavy (non-hydrogen) atoms. The van der Waals surface area contributed by atoms with E-state index in [1.807, 2.05) is 0 Å². The molecule has 0 aliphatic rings. The zero-order valence-electron chi connectivity index (χ0n) is 4.83. The molecule has 0 bridgehead atoms. The summed E-state index contributed by atoms with van der Waals surface area (Å²) in [6, 6.07) is 0. The highest BCUT2D eigenvalue weighted by Gasteiger charge is 1.95. The summed E-state index contributed by atoms with van der Waals surface area (Å²) in [5, 5.41) is 13.7. The molecule has 0 spiro atoms. The van der Waals surface area contributed by atoms with Crippen molar-refractivity contribution in [2.75, 3.05) is 6.61 Å². The van der Waals surface area contributed by atoms with Crippen molar-refractivity contribution >= 4 is 6.16 Å². The second-order valence-corrected chi connectivity index (χ2v) is 0.774.